The molecule has 29 heavy (non-hydrogen) atoms. The molecule has 0 amide bonds. The third kappa shape index (κ3) is 4.19. The lowest BCUT2D eigenvalue weighted by Crippen LogP contribution is -2.09. The van der Waals surface area contributed by atoms with Gasteiger partial charge in [0.2, 0.25) is 0 Å². The van der Waals surface area contributed by atoms with Crippen molar-refractivity contribution in [3.05, 3.63) is 94.0 Å². The van der Waals surface area contributed by atoms with Crippen molar-refractivity contribution in [1.82, 2.24) is 4.98 Å². The zero-order chi connectivity index (χ0) is 20.2. The van der Waals surface area contributed by atoms with Crippen molar-refractivity contribution in [2.75, 3.05) is 0 Å². The van der Waals surface area contributed by atoms with E-state index in [9.17, 15) is 10.1 Å². The molecule has 0 atom stereocenters. The number of allylic oxidation sites excluding steroid dienone is 1. The molecule has 4 aromatic rings. The zero-order valence-electron chi connectivity index (χ0n) is 15.0. The van der Waals surface area contributed by atoms with Crippen LogP contribution in [0.2, 0.25) is 5.02 Å². The quantitative estimate of drug-likeness (QED) is 0.224. The lowest BCUT2D eigenvalue weighted by atomic mass is 10.1. The largest absolute Gasteiger partial charge is 0.422 e. The number of para-hydroxylation sites is 2. The van der Waals surface area contributed by atoms with Gasteiger partial charge in [0.15, 0.2) is 0 Å². The number of thiazole rings is 1. The Morgan fingerprint density at radius 1 is 1.03 bits per heavy atom. The first-order valence-corrected chi connectivity index (χ1v) is 9.88. The van der Waals surface area contributed by atoms with E-state index in [-0.39, 0.29) is 0 Å². The van der Waals surface area contributed by atoms with Gasteiger partial charge in [0, 0.05) is 10.6 Å². The van der Waals surface area contributed by atoms with E-state index in [1.165, 1.54) is 11.3 Å². The third-order valence-corrected chi connectivity index (χ3v) is 5.47. The van der Waals surface area contributed by atoms with Gasteiger partial charge in [0.1, 0.15) is 16.8 Å². The van der Waals surface area contributed by atoms with Crippen LogP contribution in [0, 0.1) is 11.3 Å². The summed E-state index contributed by atoms with van der Waals surface area (Å²) in [4.78, 5) is 17.0. The topological polar surface area (TPSA) is 63.0 Å². The minimum Gasteiger partial charge on any atom is -0.422 e. The van der Waals surface area contributed by atoms with E-state index in [4.69, 9.17) is 16.3 Å². The Morgan fingerprint density at radius 2 is 1.76 bits per heavy atom. The van der Waals surface area contributed by atoms with Crippen LogP contribution in [0.5, 0.6) is 5.75 Å². The molecule has 1 heterocycles. The molecule has 0 radical (unpaired) electrons. The zero-order valence-corrected chi connectivity index (χ0v) is 16.6. The molecule has 0 unspecified atom stereocenters. The van der Waals surface area contributed by atoms with E-state index in [0.29, 0.717) is 32.5 Å². The van der Waals surface area contributed by atoms with E-state index in [0.717, 1.165) is 10.2 Å². The maximum Gasteiger partial charge on any atom is 0.343 e. The van der Waals surface area contributed by atoms with E-state index < -0.39 is 5.97 Å². The highest BCUT2D eigenvalue weighted by atomic mass is 35.5. The average Bonchev–Trinajstić information content (AvgIpc) is 3.17. The molecule has 0 saturated heterocycles. The summed E-state index contributed by atoms with van der Waals surface area (Å²) in [5, 5.41) is 10.8. The van der Waals surface area contributed by atoms with Crippen LogP contribution >= 0.6 is 22.9 Å². The summed E-state index contributed by atoms with van der Waals surface area (Å²) in [6.45, 7) is 0. The molecule has 0 spiro atoms. The van der Waals surface area contributed by atoms with Crippen LogP contribution in [0.15, 0.2) is 72.8 Å². The third-order valence-electron chi connectivity index (χ3n) is 4.15. The number of nitriles is 1. The standard InChI is InChI=1S/C23H13ClN2O2S/c24-18-11-9-15(10-12-18)23(27)28-20-7-3-1-5-16(20)13-17(14-25)22-26-19-6-2-4-8-21(19)29-22/h1-13H/b17-13+. The molecule has 0 fully saturated rings. The number of nitrogens with zero attached hydrogens (tertiary/aromatic N) is 2. The molecular weight excluding hydrogens is 404 g/mol. The van der Waals surface area contributed by atoms with Gasteiger partial charge in [-0.3, -0.25) is 0 Å². The van der Waals surface area contributed by atoms with Crippen LogP contribution in [-0.4, -0.2) is 11.0 Å². The van der Waals surface area contributed by atoms with E-state index in [1.54, 1.807) is 48.5 Å². The number of esters is 1. The van der Waals surface area contributed by atoms with E-state index in [1.807, 2.05) is 30.3 Å². The van der Waals surface area contributed by atoms with Crippen LogP contribution in [0.3, 0.4) is 0 Å². The molecule has 4 nitrogen and oxygen atoms in total. The number of fused-ring (bicyclic) bond motifs is 1. The first-order chi connectivity index (χ1) is 14.1. The molecule has 1 aromatic heterocycles. The molecule has 6 heteroatoms. The van der Waals surface area contributed by atoms with Crippen LogP contribution in [0.1, 0.15) is 20.9 Å². The molecule has 0 aliphatic rings. The summed E-state index contributed by atoms with van der Waals surface area (Å²) in [5.41, 5.74) is 2.25. The summed E-state index contributed by atoms with van der Waals surface area (Å²) < 4.78 is 6.56. The molecule has 0 N–H and O–H groups in total. The number of carbonyl (C=O) groups excluding carboxylic acids is 1. The lowest BCUT2D eigenvalue weighted by molar-refractivity contribution is 0.0734. The van der Waals surface area contributed by atoms with Crippen LogP contribution in [0.25, 0.3) is 21.9 Å². The first-order valence-electron chi connectivity index (χ1n) is 8.68. The minimum absolute atomic E-state index is 0.362. The smallest absolute Gasteiger partial charge is 0.343 e. The number of hydrogen-bond donors (Lipinski definition) is 0. The van der Waals surface area contributed by atoms with Gasteiger partial charge in [-0.2, -0.15) is 5.26 Å². The Balaban J connectivity index is 1.67. The van der Waals surface area contributed by atoms with Crippen molar-refractivity contribution in [1.29, 1.82) is 5.26 Å². The Hall–Kier alpha value is -3.46. The van der Waals surface area contributed by atoms with Gasteiger partial charge in [-0.1, -0.05) is 41.9 Å². The summed E-state index contributed by atoms with van der Waals surface area (Å²) in [6.07, 6.45) is 1.68. The van der Waals surface area contributed by atoms with Crippen molar-refractivity contribution in [2.45, 2.75) is 0 Å². The van der Waals surface area contributed by atoms with Gasteiger partial charge in [-0.05, 0) is 48.5 Å². The number of hydrogen-bond acceptors (Lipinski definition) is 5. The van der Waals surface area contributed by atoms with Crippen molar-refractivity contribution in [3.8, 4) is 11.8 Å². The predicted molar refractivity (Wildman–Crippen MR) is 116 cm³/mol. The lowest BCUT2D eigenvalue weighted by Gasteiger charge is -2.08. The molecule has 3 aromatic carbocycles. The van der Waals surface area contributed by atoms with Gasteiger partial charge < -0.3 is 4.74 Å². The van der Waals surface area contributed by atoms with Crippen LogP contribution < -0.4 is 4.74 Å². The summed E-state index contributed by atoms with van der Waals surface area (Å²) >= 11 is 7.31. The predicted octanol–water partition coefficient (Wildman–Crippen LogP) is 6.23. The highest BCUT2D eigenvalue weighted by Crippen LogP contribution is 2.30. The summed E-state index contributed by atoms with van der Waals surface area (Å²) in [5.74, 6) is -0.137. The van der Waals surface area contributed by atoms with Gasteiger partial charge in [-0.25, -0.2) is 9.78 Å². The second-order valence-corrected chi connectivity index (χ2v) is 7.56. The number of rotatable bonds is 4. The molecule has 4 rings (SSSR count). The van der Waals surface area contributed by atoms with Crippen molar-refractivity contribution < 1.29 is 9.53 Å². The molecule has 0 bridgehead atoms. The Labute approximate surface area is 176 Å². The fourth-order valence-corrected chi connectivity index (χ4v) is 3.78. The SMILES string of the molecule is N#C/C(=C\c1ccccc1OC(=O)c1ccc(Cl)cc1)c1nc2ccccc2s1. The highest BCUT2D eigenvalue weighted by Gasteiger charge is 2.13. The maximum atomic E-state index is 12.5. The molecule has 0 aliphatic carbocycles. The van der Waals surface area contributed by atoms with Gasteiger partial charge in [0.25, 0.3) is 0 Å². The van der Waals surface area contributed by atoms with Crippen LogP contribution in [-0.2, 0) is 0 Å². The summed E-state index contributed by atoms with van der Waals surface area (Å²) in [7, 11) is 0. The molecule has 0 aliphatic heterocycles. The van der Waals surface area contributed by atoms with Crippen molar-refractivity contribution >= 4 is 50.8 Å². The molecule has 0 saturated carbocycles. The van der Waals surface area contributed by atoms with E-state index in [2.05, 4.69) is 11.1 Å². The highest BCUT2D eigenvalue weighted by molar-refractivity contribution is 7.19. The normalized spacial score (nSPS) is 11.2. The van der Waals surface area contributed by atoms with E-state index >= 15 is 0 Å². The second-order valence-electron chi connectivity index (χ2n) is 6.09. The number of carbonyl (C=O) groups is 1. The first kappa shape index (κ1) is 18.9. The second kappa shape index (κ2) is 8.27. The number of halogens is 1. The fourth-order valence-electron chi connectivity index (χ4n) is 2.72. The fraction of sp³-hybridized carbons (Fsp3) is 0. The monoisotopic (exact) mass is 416 g/mol. The van der Waals surface area contributed by atoms with Crippen molar-refractivity contribution in [2.24, 2.45) is 0 Å². The molecule has 140 valence electrons. The number of ether oxygens (including phenoxy) is 1. The Bertz CT molecular complexity index is 1240. The average molecular weight is 417 g/mol. The van der Waals surface area contributed by atoms with Gasteiger partial charge in [-0.15, -0.1) is 11.3 Å². The minimum atomic E-state index is -0.499. The van der Waals surface area contributed by atoms with Crippen LogP contribution in [0.4, 0.5) is 0 Å². The van der Waals surface area contributed by atoms with Gasteiger partial charge in [0.05, 0.1) is 21.4 Å². The van der Waals surface area contributed by atoms with Crippen molar-refractivity contribution in [3.63, 3.8) is 0 Å². The molecular formula is C23H13ClN2O2S. The Morgan fingerprint density at radius 3 is 2.52 bits per heavy atom. The summed E-state index contributed by atoms with van der Waals surface area (Å²) in [6, 6.07) is 23.4. The number of aromatic nitrogens is 1. The maximum absolute atomic E-state index is 12.5. The van der Waals surface area contributed by atoms with Gasteiger partial charge >= 0.3 is 5.97 Å². The Kier molecular flexibility index (Phi) is 5.39. The number of benzene rings is 3.